The van der Waals surface area contributed by atoms with Crippen molar-refractivity contribution in [2.24, 2.45) is 0 Å². The number of carbonyl (C=O) groups excluding carboxylic acids is 1. The van der Waals surface area contributed by atoms with Crippen molar-refractivity contribution in [3.8, 4) is 0 Å². The fourth-order valence-corrected chi connectivity index (χ4v) is 5.89. The van der Waals surface area contributed by atoms with Gasteiger partial charge in [0.15, 0.2) is 0 Å². The number of benzene rings is 1. The molecule has 2 fully saturated rings. The minimum absolute atomic E-state index is 0.0242. The van der Waals surface area contributed by atoms with Crippen molar-refractivity contribution < 1.29 is 4.79 Å². The Morgan fingerprint density at radius 1 is 1.09 bits per heavy atom. The fourth-order valence-electron chi connectivity index (χ4n) is 5.89. The third-order valence-electron chi connectivity index (χ3n) is 8.05. The zero-order valence-corrected chi connectivity index (χ0v) is 20.0. The Hall–Kier alpha value is -2.47. The Bertz CT molecular complexity index is 1050. The highest BCUT2D eigenvalue weighted by atomic mass is 16.2. The first-order valence-electron chi connectivity index (χ1n) is 12.7. The summed E-state index contributed by atoms with van der Waals surface area (Å²) in [6.45, 7) is 7.14. The predicted octanol–water partition coefficient (Wildman–Crippen LogP) is 3.89. The van der Waals surface area contributed by atoms with E-state index in [1.807, 2.05) is 24.0 Å². The number of hydrogen-bond acceptors (Lipinski definition) is 4. The molecule has 6 heteroatoms. The first-order valence-corrected chi connectivity index (χ1v) is 12.7. The van der Waals surface area contributed by atoms with Crippen molar-refractivity contribution in [2.75, 3.05) is 19.6 Å². The van der Waals surface area contributed by atoms with Crippen LogP contribution < -0.4 is 5.56 Å². The van der Waals surface area contributed by atoms with E-state index in [1.165, 1.54) is 37.7 Å². The van der Waals surface area contributed by atoms with Crippen molar-refractivity contribution in [2.45, 2.75) is 83.2 Å². The molecule has 1 aliphatic carbocycles. The van der Waals surface area contributed by atoms with Gasteiger partial charge in [0.25, 0.3) is 5.56 Å². The van der Waals surface area contributed by atoms with Crippen molar-refractivity contribution in [3.63, 3.8) is 0 Å². The monoisotopic (exact) mass is 448 g/mol. The number of aryl methyl sites for hydroxylation is 1. The van der Waals surface area contributed by atoms with E-state index in [1.54, 1.807) is 0 Å². The Kier molecular flexibility index (Phi) is 6.37. The van der Waals surface area contributed by atoms with E-state index < -0.39 is 0 Å². The van der Waals surface area contributed by atoms with Gasteiger partial charge in [-0.1, -0.05) is 49.1 Å². The lowest BCUT2D eigenvalue weighted by Gasteiger charge is -2.37. The summed E-state index contributed by atoms with van der Waals surface area (Å²) in [6.07, 6.45) is 8.15. The Morgan fingerprint density at radius 3 is 2.61 bits per heavy atom. The number of nitrogens with zero attached hydrogens (tertiary/aromatic N) is 3. The molecule has 176 valence electrons. The number of hydrogen-bond donors (Lipinski definition) is 1. The average molecular weight is 449 g/mol. The molecule has 1 saturated heterocycles. The minimum atomic E-state index is -0.163. The first kappa shape index (κ1) is 22.3. The summed E-state index contributed by atoms with van der Waals surface area (Å²) < 4.78 is 0. The van der Waals surface area contributed by atoms with Crippen molar-refractivity contribution in [3.05, 3.63) is 62.8 Å². The molecule has 5 rings (SSSR count). The van der Waals surface area contributed by atoms with Gasteiger partial charge in [0.05, 0.1) is 11.6 Å². The van der Waals surface area contributed by atoms with Gasteiger partial charge in [-0.25, -0.2) is 4.98 Å². The largest absolute Gasteiger partial charge is 0.341 e. The number of aromatic amines is 1. The van der Waals surface area contributed by atoms with E-state index in [0.29, 0.717) is 19.1 Å². The third-order valence-corrected chi connectivity index (χ3v) is 8.05. The Morgan fingerprint density at radius 2 is 1.85 bits per heavy atom. The molecule has 1 amide bonds. The molecule has 0 spiro atoms. The number of nitrogens with one attached hydrogen (secondary N) is 1. The normalized spacial score (nSPS) is 22.8. The molecule has 3 heterocycles. The summed E-state index contributed by atoms with van der Waals surface area (Å²) in [7, 11) is 0. The number of amides is 1. The number of H-pyrrole nitrogens is 1. The molecule has 33 heavy (non-hydrogen) atoms. The maximum atomic E-state index is 13.2. The van der Waals surface area contributed by atoms with Crippen LogP contribution in [0.15, 0.2) is 29.1 Å². The smallest absolute Gasteiger partial charge is 0.254 e. The second-order valence-electron chi connectivity index (χ2n) is 10.3. The van der Waals surface area contributed by atoms with Crippen LogP contribution in [0, 0.1) is 6.92 Å². The molecular formula is C27H36N4O2. The lowest BCUT2D eigenvalue weighted by Crippen LogP contribution is -2.42. The van der Waals surface area contributed by atoms with Crippen molar-refractivity contribution in [1.29, 1.82) is 0 Å². The van der Waals surface area contributed by atoms with Crippen LogP contribution in [0.2, 0.25) is 0 Å². The van der Waals surface area contributed by atoms with Crippen LogP contribution in [0.5, 0.6) is 0 Å². The maximum absolute atomic E-state index is 13.2. The number of fused-ring (bicyclic) bond motifs is 1. The lowest BCUT2D eigenvalue weighted by atomic mass is 9.92. The van der Waals surface area contributed by atoms with Gasteiger partial charge in [0, 0.05) is 43.7 Å². The highest BCUT2D eigenvalue weighted by molar-refractivity contribution is 5.83. The molecule has 2 aliphatic heterocycles. The predicted molar refractivity (Wildman–Crippen MR) is 129 cm³/mol. The van der Waals surface area contributed by atoms with Crippen molar-refractivity contribution in [1.82, 2.24) is 19.8 Å². The van der Waals surface area contributed by atoms with E-state index in [-0.39, 0.29) is 23.3 Å². The second-order valence-corrected chi connectivity index (χ2v) is 10.3. The summed E-state index contributed by atoms with van der Waals surface area (Å²) >= 11 is 0. The van der Waals surface area contributed by atoms with Gasteiger partial charge in [-0.05, 0) is 45.1 Å². The summed E-state index contributed by atoms with van der Waals surface area (Å²) in [5.74, 6) is 0.860. The first-order chi connectivity index (χ1) is 16.0. The number of aromatic nitrogens is 2. The minimum Gasteiger partial charge on any atom is -0.341 e. The number of likely N-dealkylation sites (tertiary alicyclic amines) is 1. The second kappa shape index (κ2) is 9.41. The van der Waals surface area contributed by atoms with E-state index >= 15 is 0 Å². The fraction of sp³-hybridized carbons (Fsp3) is 0.593. The molecule has 1 saturated carbocycles. The van der Waals surface area contributed by atoms with Crippen LogP contribution in [0.3, 0.4) is 0 Å². The van der Waals surface area contributed by atoms with E-state index in [4.69, 9.17) is 4.98 Å². The molecule has 0 unspecified atom stereocenters. The van der Waals surface area contributed by atoms with Gasteiger partial charge in [-0.3, -0.25) is 14.5 Å². The average Bonchev–Trinajstić information content (AvgIpc) is 3.34. The molecule has 2 atom stereocenters. The summed E-state index contributed by atoms with van der Waals surface area (Å²) in [5, 5.41) is 0. The molecule has 2 aromatic rings. The van der Waals surface area contributed by atoms with Gasteiger partial charge < -0.3 is 9.88 Å². The summed E-state index contributed by atoms with van der Waals surface area (Å²) in [4.78, 5) is 38.6. The van der Waals surface area contributed by atoms with Crippen LogP contribution in [-0.4, -0.2) is 51.4 Å². The Balaban J connectivity index is 1.28. The molecule has 6 nitrogen and oxygen atoms in total. The van der Waals surface area contributed by atoms with Gasteiger partial charge in [0.2, 0.25) is 5.91 Å². The molecule has 1 N–H and O–H groups in total. The van der Waals surface area contributed by atoms with Gasteiger partial charge >= 0.3 is 0 Å². The molecule has 0 bridgehead atoms. The van der Waals surface area contributed by atoms with Crippen LogP contribution in [-0.2, 0) is 17.8 Å². The zero-order chi connectivity index (χ0) is 22.9. The topological polar surface area (TPSA) is 69.3 Å². The van der Waals surface area contributed by atoms with Crippen LogP contribution in [0.4, 0.5) is 0 Å². The Labute approximate surface area is 196 Å². The molecular weight excluding hydrogens is 412 g/mol. The highest BCUT2D eigenvalue weighted by Gasteiger charge is 2.33. The summed E-state index contributed by atoms with van der Waals surface area (Å²) in [6, 6.07) is 8.85. The van der Waals surface area contributed by atoms with Gasteiger partial charge in [0.1, 0.15) is 5.82 Å². The standard InChI is InChI=1S/C27H36N4O2/c1-18-8-10-20(11-9-18)19(2)27(33)31-14-12-21(16-31)25-28-24-17-30(22-6-4-3-5-7-22)15-13-23(24)26(32)29-25/h8-11,19,21-22H,3-7,12-17H2,1-2H3,(H,28,29,32)/t19-,21+/m1/s1. The highest BCUT2D eigenvalue weighted by Crippen LogP contribution is 2.30. The molecule has 0 radical (unpaired) electrons. The lowest BCUT2D eigenvalue weighted by molar-refractivity contribution is -0.131. The van der Waals surface area contributed by atoms with E-state index in [9.17, 15) is 9.59 Å². The number of rotatable bonds is 4. The van der Waals surface area contributed by atoms with Crippen LogP contribution in [0.1, 0.15) is 85.5 Å². The number of carbonyl (C=O) groups is 1. The van der Waals surface area contributed by atoms with E-state index in [0.717, 1.165) is 48.6 Å². The SMILES string of the molecule is Cc1ccc([C@@H](C)C(=O)N2CC[C@H](c3nc4c(c(=O)[nH]3)CCN(C3CCCCC3)C4)C2)cc1. The van der Waals surface area contributed by atoms with Crippen molar-refractivity contribution >= 4 is 5.91 Å². The zero-order valence-electron chi connectivity index (χ0n) is 20.0. The quantitative estimate of drug-likeness (QED) is 0.771. The van der Waals surface area contributed by atoms with Gasteiger partial charge in [-0.2, -0.15) is 0 Å². The van der Waals surface area contributed by atoms with Gasteiger partial charge in [-0.15, -0.1) is 0 Å². The molecule has 3 aliphatic rings. The van der Waals surface area contributed by atoms with E-state index in [2.05, 4.69) is 28.9 Å². The molecule has 1 aromatic carbocycles. The summed E-state index contributed by atoms with van der Waals surface area (Å²) in [5.41, 5.74) is 4.10. The third kappa shape index (κ3) is 4.63. The van der Waals surface area contributed by atoms with Crippen LogP contribution >= 0.6 is 0 Å². The van der Waals surface area contributed by atoms with Crippen LogP contribution in [0.25, 0.3) is 0 Å². The molecule has 1 aromatic heterocycles. The maximum Gasteiger partial charge on any atom is 0.254 e.